The molecule has 0 aliphatic heterocycles. The van der Waals surface area contributed by atoms with E-state index in [2.05, 4.69) is 62.3 Å². The minimum absolute atomic E-state index is 0.361. The predicted molar refractivity (Wildman–Crippen MR) is 133 cm³/mol. The quantitative estimate of drug-likeness (QED) is 0.347. The molecule has 8 unspecified atom stereocenters. The van der Waals surface area contributed by atoms with Crippen LogP contribution in [-0.4, -0.2) is 0 Å². The van der Waals surface area contributed by atoms with Crippen molar-refractivity contribution in [3.05, 3.63) is 12.2 Å². The highest BCUT2D eigenvalue weighted by molar-refractivity contribution is 5.34. The van der Waals surface area contributed by atoms with Crippen LogP contribution in [0, 0.1) is 57.7 Å². The average molecular weight is 415 g/mol. The summed E-state index contributed by atoms with van der Waals surface area (Å²) in [6.07, 6.45) is 12.7. The minimum Gasteiger partial charge on any atom is -0.0995 e. The van der Waals surface area contributed by atoms with Gasteiger partial charge in [0.1, 0.15) is 0 Å². The first-order valence-corrected chi connectivity index (χ1v) is 13.7. The number of allylic oxidation sites excluding steroid dienone is 1. The van der Waals surface area contributed by atoms with Gasteiger partial charge in [0.05, 0.1) is 0 Å². The molecule has 8 atom stereocenters. The van der Waals surface area contributed by atoms with Crippen LogP contribution in [0.4, 0.5) is 0 Å². The molecule has 3 aliphatic carbocycles. The molecule has 0 heterocycles. The lowest BCUT2D eigenvalue weighted by Gasteiger charge is -2.81. The number of fused-ring (bicyclic) bond motifs is 4. The van der Waals surface area contributed by atoms with Gasteiger partial charge in [-0.1, -0.05) is 99.6 Å². The minimum atomic E-state index is 0.361. The molecular formula is C30H54. The molecule has 0 saturated heterocycles. The molecule has 0 nitrogen and oxygen atoms in total. The van der Waals surface area contributed by atoms with Crippen LogP contribution in [0.15, 0.2) is 12.2 Å². The van der Waals surface area contributed by atoms with E-state index in [4.69, 9.17) is 6.58 Å². The Labute approximate surface area is 190 Å². The van der Waals surface area contributed by atoms with Gasteiger partial charge in [0, 0.05) is 5.41 Å². The maximum atomic E-state index is 4.70. The van der Waals surface area contributed by atoms with Crippen molar-refractivity contribution in [3.63, 3.8) is 0 Å². The van der Waals surface area contributed by atoms with Crippen LogP contribution in [0.25, 0.3) is 0 Å². The molecule has 0 N–H and O–H groups in total. The van der Waals surface area contributed by atoms with Gasteiger partial charge in [0.15, 0.2) is 0 Å². The zero-order valence-corrected chi connectivity index (χ0v) is 22.1. The third-order valence-electron chi connectivity index (χ3n) is 11.8. The Morgan fingerprint density at radius 2 is 1.57 bits per heavy atom. The average Bonchev–Trinajstić information content (AvgIpc) is 2.69. The highest BCUT2D eigenvalue weighted by Gasteiger charge is 2.77. The van der Waals surface area contributed by atoms with E-state index in [0.717, 1.165) is 41.4 Å². The zero-order chi connectivity index (χ0) is 22.5. The number of rotatable bonds is 8. The highest BCUT2D eigenvalue weighted by atomic mass is 14.8. The summed E-state index contributed by atoms with van der Waals surface area (Å²) in [4.78, 5) is 0. The Morgan fingerprint density at radius 1 is 0.967 bits per heavy atom. The van der Waals surface area contributed by atoms with Gasteiger partial charge in [-0.05, 0) is 84.9 Å². The van der Waals surface area contributed by atoms with Crippen molar-refractivity contribution in [2.45, 2.75) is 120 Å². The summed E-state index contributed by atoms with van der Waals surface area (Å²) in [5.41, 5.74) is 2.72. The van der Waals surface area contributed by atoms with E-state index in [1.54, 1.807) is 0 Å². The van der Waals surface area contributed by atoms with Gasteiger partial charge < -0.3 is 0 Å². The van der Waals surface area contributed by atoms with Gasteiger partial charge in [-0.2, -0.15) is 0 Å². The largest absolute Gasteiger partial charge is 0.0995 e. The van der Waals surface area contributed by atoms with Crippen LogP contribution in [0.2, 0.25) is 0 Å². The van der Waals surface area contributed by atoms with E-state index in [1.165, 1.54) is 63.4 Å². The fourth-order valence-corrected chi connectivity index (χ4v) is 10.7. The summed E-state index contributed by atoms with van der Waals surface area (Å²) in [5.74, 6) is 6.34. The first kappa shape index (κ1) is 24.4. The summed E-state index contributed by atoms with van der Waals surface area (Å²) in [6, 6.07) is 0. The van der Waals surface area contributed by atoms with E-state index < -0.39 is 0 Å². The summed E-state index contributed by atoms with van der Waals surface area (Å²) in [5, 5.41) is 0. The molecule has 3 aliphatic rings. The molecule has 0 spiro atoms. The van der Waals surface area contributed by atoms with E-state index >= 15 is 0 Å². The normalized spacial score (nSPS) is 43.5. The maximum Gasteiger partial charge on any atom is 0.00477 e. The topological polar surface area (TPSA) is 0 Å². The fraction of sp³-hybridized carbons (Fsp3) is 0.933. The molecule has 174 valence electrons. The van der Waals surface area contributed by atoms with Gasteiger partial charge in [-0.25, -0.2) is 0 Å². The second kappa shape index (κ2) is 8.59. The second-order valence-corrected chi connectivity index (χ2v) is 12.7. The molecule has 0 aromatic heterocycles. The first-order chi connectivity index (χ1) is 14.1. The van der Waals surface area contributed by atoms with E-state index in [0.29, 0.717) is 16.2 Å². The van der Waals surface area contributed by atoms with Gasteiger partial charge in [-0.3, -0.25) is 0 Å². The monoisotopic (exact) mass is 414 g/mol. The summed E-state index contributed by atoms with van der Waals surface area (Å²) in [6.45, 7) is 27.4. The Balaban J connectivity index is 1.96. The highest BCUT2D eigenvalue weighted by Crippen LogP contribution is 2.83. The van der Waals surface area contributed by atoms with Crippen LogP contribution >= 0.6 is 0 Å². The lowest BCUT2D eigenvalue weighted by Crippen LogP contribution is -2.75. The SMILES string of the molecule is C=C(C)C12C(CCCC1(C)C)C1CC(CC(CC)C(CC)CC)C(CC)C(C)C12C. The number of hydrogen-bond acceptors (Lipinski definition) is 0. The van der Waals surface area contributed by atoms with Crippen LogP contribution in [-0.2, 0) is 0 Å². The summed E-state index contributed by atoms with van der Waals surface area (Å²) >= 11 is 0. The van der Waals surface area contributed by atoms with Crippen LogP contribution in [0.3, 0.4) is 0 Å². The summed E-state index contributed by atoms with van der Waals surface area (Å²) < 4.78 is 0. The Morgan fingerprint density at radius 3 is 2.07 bits per heavy atom. The van der Waals surface area contributed by atoms with Crippen molar-refractivity contribution in [2.75, 3.05) is 0 Å². The molecule has 0 heteroatoms. The van der Waals surface area contributed by atoms with Crippen LogP contribution in [0.1, 0.15) is 120 Å². The predicted octanol–water partition coefficient (Wildman–Crippen LogP) is 9.55. The molecule has 0 bridgehead atoms. The van der Waals surface area contributed by atoms with Gasteiger partial charge >= 0.3 is 0 Å². The van der Waals surface area contributed by atoms with Crippen molar-refractivity contribution in [2.24, 2.45) is 57.7 Å². The smallest absolute Gasteiger partial charge is 0.00477 e. The standard InChI is InChI=1S/C30H54/c1-11-22(12-2)23(13-3)18-24-19-27-26-16-15-17-28(8,9)30(26,20(5)6)29(27,10)21(7)25(24)14-4/h21-27H,5,11-19H2,1-4,6-10H3. The Kier molecular flexibility index (Phi) is 6.98. The van der Waals surface area contributed by atoms with Crippen LogP contribution < -0.4 is 0 Å². The lowest BCUT2D eigenvalue weighted by atomic mass is 9.23. The lowest BCUT2D eigenvalue weighted by molar-refractivity contribution is -0.308. The Bertz CT molecular complexity index is 606. The van der Waals surface area contributed by atoms with Crippen molar-refractivity contribution in [1.82, 2.24) is 0 Å². The molecule has 3 saturated carbocycles. The third-order valence-corrected chi connectivity index (χ3v) is 11.8. The summed E-state index contributed by atoms with van der Waals surface area (Å²) in [7, 11) is 0. The molecular weight excluding hydrogens is 360 g/mol. The second-order valence-electron chi connectivity index (χ2n) is 12.7. The fourth-order valence-electron chi connectivity index (χ4n) is 10.7. The number of hydrogen-bond donors (Lipinski definition) is 0. The van der Waals surface area contributed by atoms with Crippen molar-refractivity contribution in [1.29, 1.82) is 0 Å². The van der Waals surface area contributed by atoms with Crippen LogP contribution in [0.5, 0.6) is 0 Å². The van der Waals surface area contributed by atoms with Gasteiger partial charge in [-0.15, -0.1) is 0 Å². The first-order valence-electron chi connectivity index (χ1n) is 13.7. The molecule has 3 fully saturated rings. The zero-order valence-electron chi connectivity index (χ0n) is 22.1. The van der Waals surface area contributed by atoms with Gasteiger partial charge in [0.2, 0.25) is 0 Å². The van der Waals surface area contributed by atoms with Crippen molar-refractivity contribution < 1.29 is 0 Å². The molecule has 0 amide bonds. The molecule has 30 heavy (non-hydrogen) atoms. The molecule has 0 radical (unpaired) electrons. The third kappa shape index (κ3) is 3.04. The molecule has 0 aromatic carbocycles. The van der Waals surface area contributed by atoms with E-state index in [9.17, 15) is 0 Å². The van der Waals surface area contributed by atoms with Gasteiger partial charge in [0.25, 0.3) is 0 Å². The van der Waals surface area contributed by atoms with E-state index in [1.807, 2.05) is 0 Å². The van der Waals surface area contributed by atoms with E-state index in [-0.39, 0.29) is 0 Å². The molecule has 3 rings (SSSR count). The maximum absolute atomic E-state index is 4.70. The van der Waals surface area contributed by atoms with Crippen molar-refractivity contribution in [3.8, 4) is 0 Å². The molecule has 0 aromatic rings. The Hall–Kier alpha value is -0.260. The van der Waals surface area contributed by atoms with Crippen molar-refractivity contribution >= 4 is 0 Å².